The predicted molar refractivity (Wildman–Crippen MR) is 135 cm³/mol. The zero-order valence-electron chi connectivity index (χ0n) is 19.9. The van der Waals surface area contributed by atoms with Gasteiger partial charge < -0.3 is 19.8 Å². The van der Waals surface area contributed by atoms with Gasteiger partial charge in [0.1, 0.15) is 17.4 Å². The van der Waals surface area contributed by atoms with Crippen molar-refractivity contribution in [2.24, 2.45) is 11.8 Å². The van der Waals surface area contributed by atoms with Crippen LogP contribution in [0.3, 0.4) is 0 Å². The fourth-order valence-electron chi connectivity index (χ4n) is 4.91. The number of rotatable bonds is 10. The molecule has 2 heterocycles. The fourth-order valence-corrected chi connectivity index (χ4v) is 5.88. The number of piperidine rings is 1. The maximum absolute atomic E-state index is 13.8. The Labute approximate surface area is 209 Å². The molecule has 188 valence electrons. The molecule has 1 aliphatic heterocycles. The van der Waals surface area contributed by atoms with Crippen LogP contribution in [0.2, 0.25) is 0 Å². The quantitative estimate of drug-likeness (QED) is 0.378. The molecule has 0 saturated carbocycles. The van der Waals surface area contributed by atoms with Gasteiger partial charge in [-0.3, -0.25) is 4.98 Å². The minimum absolute atomic E-state index is 0.0956. The summed E-state index contributed by atoms with van der Waals surface area (Å²) in [5.41, 5.74) is 1.66. The van der Waals surface area contributed by atoms with Crippen molar-refractivity contribution in [3.8, 4) is 5.75 Å². The number of likely N-dealkylation sites (tertiary alicyclic amines) is 1. The van der Waals surface area contributed by atoms with Crippen LogP contribution in [0.25, 0.3) is 10.9 Å². The number of halogens is 2. The molecule has 1 aliphatic rings. The van der Waals surface area contributed by atoms with Crippen LogP contribution in [-0.4, -0.2) is 59.2 Å². The van der Waals surface area contributed by atoms with E-state index in [0.29, 0.717) is 23.0 Å². The van der Waals surface area contributed by atoms with Crippen molar-refractivity contribution in [3.05, 3.63) is 65.9 Å². The highest BCUT2D eigenvalue weighted by Crippen LogP contribution is 2.33. The summed E-state index contributed by atoms with van der Waals surface area (Å²) in [7, 11) is 1.62. The lowest BCUT2D eigenvalue weighted by Crippen LogP contribution is -2.43. The first kappa shape index (κ1) is 25.8. The third-order valence-corrected chi connectivity index (χ3v) is 7.93. The summed E-state index contributed by atoms with van der Waals surface area (Å²) in [5.74, 6) is 0.993. The Morgan fingerprint density at radius 3 is 2.83 bits per heavy atom. The Kier molecular flexibility index (Phi) is 8.94. The molecular formula is C27H32F2N2O3S. The Morgan fingerprint density at radius 2 is 2.03 bits per heavy atom. The van der Waals surface area contributed by atoms with E-state index in [1.165, 1.54) is 17.8 Å². The minimum Gasteiger partial charge on any atom is -0.497 e. The van der Waals surface area contributed by atoms with Gasteiger partial charge in [0.15, 0.2) is 0 Å². The smallest absolute Gasteiger partial charge is 0.136 e. The van der Waals surface area contributed by atoms with Gasteiger partial charge in [-0.15, -0.1) is 11.8 Å². The van der Waals surface area contributed by atoms with Crippen molar-refractivity contribution in [1.82, 2.24) is 9.88 Å². The number of benzene rings is 2. The van der Waals surface area contributed by atoms with Crippen molar-refractivity contribution in [1.29, 1.82) is 0 Å². The summed E-state index contributed by atoms with van der Waals surface area (Å²) >= 11 is 1.31. The van der Waals surface area contributed by atoms with Gasteiger partial charge >= 0.3 is 0 Å². The monoisotopic (exact) mass is 502 g/mol. The Hall–Kier alpha value is -2.26. The van der Waals surface area contributed by atoms with Crippen LogP contribution in [0.5, 0.6) is 5.75 Å². The predicted octanol–water partition coefficient (Wildman–Crippen LogP) is 5.06. The molecule has 3 aromatic rings. The molecule has 0 unspecified atom stereocenters. The first-order valence-corrected chi connectivity index (χ1v) is 13.0. The summed E-state index contributed by atoms with van der Waals surface area (Å²) in [6.07, 6.45) is 3.45. The summed E-state index contributed by atoms with van der Waals surface area (Å²) in [6, 6.07) is 11.0. The van der Waals surface area contributed by atoms with E-state index in [4.69, 9.17) is 4.74 Å². The van der Waals surface area contributed by atoms with E-state index < -0.39 is 17.7 Å². The Balaban J connectivity index is 1.30. The van der Waals surface area contributed by atoms with E-state index in [2.05, 4.69) is 9.88 Å². The van der Waals surface area contributed by atoms with Gasteiger partial charge in [-0.1, -0.05) is 0 Å². The molecule has 0 bridgehead atoms. The normalized spacial score (nSPS) is 19.7. The molecule has 0 amide bonds. The molecule has 4 rings (SSSR count). The van der Waals surface area contributed by atoms with Crippen LogP contribution in [0.1, 0.15) is 30.9 Å². The Morgan fingerprint density at radius 1 is 1.17 bits per heavy atom. The van der Waals surface area contributed by atoms with Crippen molar-refractivity contribution < 1.29 is 23.7 Å². The number of thioether (sulfide) groups is 1. The van der Waals surface area contributed by atoms with Gasteiger partial charge in [0.2, 0.25) is 0 Å². The highest BCUT2D eigenvalue weighted by molar-refractivity contribution is 7.99. The first-order chi connectivity index (χ1) is 17.0. The summed E-state index contributed by atoms with van der Waals surface area (Å²) < 4.78 is 32.5. The number of fused-ring (bicyclic) bond motifs is 1. The molecule has 0 spiro atoms. The fraction of sp³-hybridized carbons (Fsp3) is 0.444. The van der Waals surface area contributed by atoms with Crippen molar-refractivity contribution in [2.75, 3.05) is 39.1 Å². The molecule has 2 aromatic carbocycles. The molecular weight excluding hydrogens is 470 g/mol. The summed E-state index contributed by atoms with van der Waals surface area (Å²) in [4.78, 5) is 7.00. The van der Waals surface area contributed by atoms with Gasteiger partial charge in [-0.05, 0) is 85.7 Å². The number of pyridine rings is 1. The maximum Gasteiger partial charge on any atom is 0.136 e. The lowest BCUT2D eigenvalue weighted by molar-refractivity contribution is 0.0608. The second kappa shape index (κ2) is 12.1. The van der Waals surface area contributed by atoms with E-state index >= 15 is 0 Å². The largest absolute Gasteiger partial charge is 0.497 e. The Bertz CT molecular complexity index is 1130. The summed E-state index contributed by atoms with van der Waals surface area (Å²) in [5, 5.41) is 21.9. The number of aliphatic hydroxyl groups excluding tert-OH is 2. The zero-order chi connectivity index (χ0) is 24.8. The van der Waals surface area contributed by atoms with Crippen LogP contribution in [0.15, 0.2) is 53.6 Å². The highest BCUT2D eigenvalue weighted by Gasteiger charge is 2.29. The second-order valence-corrected chi connectivity index (χ2v) is 10.2. The van der Waals surface area contributed by atoms with Gasteiger partial charge in [-0.2, -0.15) is 0 Å². The van der Waals surface area contributed by atoms with Gasteiger partial charge in [0.25, 0.3) is 0 Å². The van der Waals surface area contributed by atoms with Crippen LogP contribution >= 0.6 is 11.8 Å². The molecule has 35 heavy (non-hydrogen) atoms. The number of hydrogen-bond acceptors (Lipinski definition) is 6. The van der Waals surface area contributed by atoms with E-state index in [9.17, 15) is 19.0 Å². The number of aromatic nitrogens is 1. The van der Waals surface area contributed by atoms with E-state index in [0.717, 1.165) is 66.8 Å². The number of ether oxygens (including phenoxy) is 1. The van der Waals surface area contributed by atoms with Gasteiger partial charge in [0.05, 0.1) is 18.7 Å². The van der Waals surface area contributed by atoms with Gasteiger partial charge in [0, 0.05) is 41.9 Å². The van der Waals surface area contributed by atoms with Crippen molar-refractivity contribution in [3.63, 3.8) is 0 Å². The average Bonchev–Trinajstić information content (AvgIpc) is 2.88. The van der Waals surface area contributed by atoms with E-state index in [1.807, 2.05) is 24.3 Å². The van der Waals surface area contributed by atoms with E-state index in [-0.39, 0.29) is 12.5 Å². The molecule has 0 aliphatic carbocycles. The molecule has 1 saturated heterocycles. The first-order valence-electron chi connectivity index (χ1n) is 12.0. The van der Waals surface area contributed by atoms with Crippen LogP contribution in [0.4, 0.5) is 8.78 Å². The molecule has 5 nitrogen and oxygen atoms in total. The minimum atomic E-state index is -0.623. The number of nitrogens with zero attached hydrogens (tertiary/aromatic N) is 2. The molecule has 8 heteroatoms. The number of hydrogen-bond donors (Lipinski definition) is 2. The van der Waals surface area contributed by atoms with Crippen LogP contribution in [-0.2, 0) is 0 Å². The molecule has 3 atom stereocenters. The molecule has 2 N–H and O–H groups in total. The zero-order valence-corrected chi connectivity index (χ0v) is 20.7. The topological polar surface area (TPSA) is 65.8 Å². The SMILES string of the molecule is COc1ccc2nccc([C@H](O)CC[C@@H]3CCN(CCSc4cc(F)ccc4F)C[C@@H]3CO)c2c1. The van der Waals surface area contributed by atoms with Gasteiger partial charge in [-0.25, -0.2) is 8.78 Å². The van der Waals surface area contributed by atoms with Crippen molar-refractivity contribution >= 4 is 22.7 Å². The van der Waals surface area contributed by atoms with E-state index in [1.54, 1.807) is 13.3 Å². The highest BCUT2D eigenvalue weighted by atomic mass is 32.2. The number of methoxy groups -OCH3 is 1. The van der Waals surface area contributed by atoms with Crippen LogP contribution in [0, 0.1) is 23.5 Å². The molecule has 0 radical (unpaired) electrons. The number of aliphatic hydroxyl groups is 2. The average molecular weight is 503 g/mol. The van der Waals surface area contributed by atoms with Crippen molar-refractivity contribution in [2.45, 2.75) is 30.3 Å². The third kappa shape index (κ3) is 6.50. The molecule has 1 fully saturated rings. The van der Waals surface area contributed by atoms with Crippen LogP contribution < -0.4 is 4.74 Å². The second-order valence-electron chi connectivity index (χ2n) is 9.09. The standard InChI is InChI=1S/C27H32F2N2O3S/c1-34-21-4-6-25-23(15-21)22(8-10-30-25)26(33)7-2-18-9-11-31(16-19(18)17-32)12-13-35-27-14-20(28)3-5-24(27)29/h3-6,8,10,14-15,18-19,26,32-33H,2,7,9,11-13,16-17H2,1H3/t18-,19-,26-/m1/s1. The lowest BCUT2D eigenvalue weighted by atomic mass is 9.81. The molecule has 1 aromatic heterocycles. The lowest BCUT2D eigenvalue weighted by Gasteiger charge is -2.38. The third-order valence-electron chi connectivity index (χ3n) is 6.92. The summed E-state index contributed by atoms with van der Waals surface area (Å²) in [6.45, 7) is 2.49. The maximum atomic E-state index is 13.8.